The molecule has 3 aromatic rings. The summed E-state index contributed by atoms with van der Waals surface area (Å²) >= 11 is 4.50. The fourth-order valence-corrected chi connectivity index (χ4v) is 2.45. The van der Waals surface area contributed by atoms with E-state index in [1.807, 2.05) is 36.4 Å². The molecule has 0 unspecified atom stereocenters. The van der Waals surface area contributed by atoms with Crippen LogP contribution in [0.1, 0.15) is 5.56 Å². The lowest BCUT2D eigenvalue weighted by Crippen LogP contribution is -1.89. The van der Waals surface area contributed by atoms with E-state index in [9.17, 15) is 0 Å². The highest BCUT2D eigenvalue weighted by molar-refractivity contribution is 7.80. The minimum absolute atomic E-state index is 0.958. The molecule has 0 amide bonds. The van der Waals surface area contributed by atoms with E-state index in [1.54, 1.807) is 0 Å². The third-order valence-corrected chi connectivity index (χ3v) is 3.49. The van der Waals surface area contributed by atoms with Gasteiger partial charge < -0.3 is 0 Å². The Kier molecular flexibility index (Phi) is 2.80. The van der Waals surface area contributed by atoms with Crippen LogP contribution in [0.4, 0.5) is 0 Å². The van der Waals surface area contributed by atoms with Gasteiger partial charge in [-0.2, -0.15) is 0 Å². The Balaban J connectivity index is 2.28. The lowest BCUT2D eigenvalue weighted by Gasteiger charge is -2.08. The number of fused-ring (bicyclic) bond motifs is 1. The number of pyridine rings is 1. The first-order valence-corrected chi connectivity index (χ1v) is 6.35. The molecule has 1 aromatic heterocycles. The number of aromatic nitrogens is 1. The summed E-state index contributed by atoms with van der Waals surface area (Å²) in [6.07, 6.45) is 0. The van der Waals surface area contributed by atoms with Crippen molar-refractivity contribution in [2.75, 3.05) is 0 Å². The number of rotatable bonds is 1. The SMILES string of the molecule is Cc1cc(-c2ccccc2S)nc2ccccc12. The average Bonchev–Trinajstić information content (AvgIpc) is 2.39. The first-order valence-electron chi connectivity index (χ1n) is 5.90. The molecule has 18 heavy (non-hydrogen) atoms. The molecule has 0 aliphatic carbocycles. The van der Waals surface area contributed by atoms with Gasteiger partial charge in [0, 0.05) is 15.8 Å². The van der Waals surface area contributed by atoms with Crippen molar-refractivity contribution in [1.29, 1.82) is 0 Å². The van der Waals surface area contributed by atoms with E-state index in [4.69, 9.17) is 4.98 Å². The van der Waals surface area contributed by atoms with Gasteiger partial charge in [0.25, 0.3) is 0 Å². The summed E-state index contributed by atoms with van der Waals surface area (Å²) in [7, 11) is 0. The lowest BCUT2D eigenvalue weighted by molar-refractivity contribution is 1.32. The van der Waals surface area contributed by atoms with Crippen molar-refractivity contribution in [1.82, 2.24) is 4.98 Å². The summed E-state index contributed by atoms with van der Waals surface area (Å²) in [4.78, 5) is 5.68. The number of aryl methyl sites for hydroxylation is 1. The predicted molar refractivity (Wildman–Crippen MR) is 79.2 cm³/mol. The summed E-state index contributed by atoms with van der Waals surface area (Å²) < 4.78 is 0. The molecule has 0 saturated heterocycles. The lowest BCUT2D eigenvalue weighted by atomic mass is 10.1. The molecule has 0 aliphatic rings. The van der Waals surface area contributed by atoms with Crippen molar-refractivity contribution in [2.45, 2.75) is 11.8 Å². The van der Waals surface area contributed by atoms with Gasteiger partial charge in [-0.25, -0.2) is 4.98 Å². The van der Waals surface area contributed by atoms with Crippen LogP contribution >= 0.6 is 12.6 Å². The minimum Gasteiger partial charge on any atom is -0.248 e. The second-order valence-electron chi connectivity index (χ2n) is 4.36. The Labute approximate surface area is 112 Å². The van der Waals surface area contributed by atoms with Crippen LogP contribution in [-0.2, 0) is 0 Å². The van der Waals surface area contributed by atoms with Gasteiger partial charge in [-0.05, 0) is 30.7 Å². The van der Waals surface area contributed by atoms with Crippen LogP contribution in [0.5, 0.6) is 0 Å². The molecule has 0 spiro atoms. The van der Waals surface area contributed by atoms with Crippen LogP contribution in [0.2, 0.25) is 0 Å². The molecule has 0 bridgehead atoms. The molecule has 3 rings (SSSR count). The maximum Gasteiger partial charge on any atom is 0.0723 e. The minimum atomic E-state index is 0.958. The molecule has 0 N–H and O–H groups in total. The number of benzene rings is 2. The van der Waals surface area contributed by atoms with Crippen molar-refractivity contribution >= 4 is 23.5 Å². The maximum absolute atomic E-state index is 4.72. The smallest absolute Gasteiger partial charge is 0.0723 e. The van der Waals surface area contributed by atoms with Gasteiger partial charge in [0.1, 0.15) is 0 Å². The van der Waals surface area contributed by atoms with Crippen LogP contribution in [0, 0.1) is 6.92 Å². The average molecular weight is 251 g/mol. The second-order valence-corrected chi connectivity index (χ2v) is 4.84. The zero-order valence-electron chi connectivity index (χ0n) is 10.1. The first kappa shape index (κ1) is 11.3. The topological polar surface area (TPSA) is 12.9 Å². The van der Waals surface area contributed by atoms with E-state index in [1.165, 1.54) is 10.9 Å². The predicted octanol–water partition coefficient (Wildman–Crippen LogP) is 4.50. The van der Waals surface area contributed by atoms with E-state index >= 15 is 0 Å². The summed E-state index contributed by atoms with van der Waals surface area (Å²) in [6, 6.07) is 18.4. The highest BCUT2D eigenvalue weighted by atomic mass is 32.1. The van der Waals surface area contributed by atoms with Crippen LogP contribution < -0.4 is 0 Å². The molecule has 0 saturated carbocycles. The van der Waals surface area contributed by atoms with Gasteiger partial charge in [-0.3, -0.25) is 0 Å². The van der Waals surface area contributed by atoms with E-state index in [2.05, 4.69) is 37.8 Å². The summed E-state index contributed by atoms with van der Waals surface area (Å²) in [5.41, 5.74) is 4.34. The zero-order valence-corrected chi connectivity index (χ0v) is 11.0. The normalized spacial score (nSPS) is 10.8. The molecule has 0 radical (unpaired) electrons. The molecular formula is C16H13NS. The van der Waals surface area contributed by atoms with Gasteiger partial charge in [0.2, 0.25) is 0 Å². The summed E-state index contributed by atoms with van der Waals surface area (Å²) in [5.74, 6) is 0. The molecular weight excluding hydrogens is 238 g/mol. The van der Waals surface area contributed by atoms with Gasteiger partial charge in [-0.1, -0.05) is 36.4 Å². The van der Waals surface area contributed by atoms with Crippen molar-refractivity contribution in [2.24, 2.45) is 0 Å². The number of hydrogen-bond acceptors (Lipinski definition) is 2. The van der Waals surface area contributed by atoms with Crippen molar-refractivity contribution in [3.63, 3.8) is 0 Å². The highest BCUT2D eigenvalue weighted by Crippen LogP contribution is 2.28. The summed E-state index contributed by atoms with van der Waals surface area (Å²) in [5, 5.41) is 1.21. The van der Waals surface area contributed by atoms with Crippen LogP contribution in [0.25, 0.3) is 22.2 Å². The molecule has 0 aliphatic heterocycles. The first-order chi connectivity index (χ1) is 8.75. The highest BCUT2D eigenvalue weighted by Gasteiger charge is 2.06. The maximum atomic E-state index is 4.72. The Hall–Kier alpha value is -1.80. The number of para-hydroxylation sites is 1. The fourth-order valence-electron chi connectivity index (χ4n) is 2.18. The monoisotopic (exact) mass is 251 g/mol. The van der Waals surface area contributed by atoms with Gasteiger partial charge in [-0.15, -0.1) is 12.6 Å². The van der Waals surface area contributed by atoms with Crippen LogP contribution in [-0.4, -0.2) is 4.98 Å². The van der Waals surface area contributed by atoms with E-state index in [0.717, 1.165) is 21.7 Å². The van der Waals surface area contributed by atoms with E-state index < -0.39 is 0 Å². The van der Waals surface area contributed by atoms with Crippen LogP contribution in [0.3, 0.4) is 0 Å². The van der Waals surface area contributed by atoms with Gasteiger partial charge in [0.05, 0.1) is 11.2 Å². The molecule has 2 heteroatoms. The quantitative estimate of drug-likeness (QED) is 0.628. The largest absolute Gasteiger partial charge is 0.248 e. The Morgan fingerprint density at radius 2 is 1.67 bits per heavy atom. The van der Waals surface area contributed by atoms with E-state index in [0.29, 0.717) is 0 Å². The Bertz CT molecular complexity index is 719. The third kappa shape index (κ3) is 1.89. The number of hydrogen-bond donors (Lipinski definition) is 1. The molecule has 88 valence electrons. The standard InChI is InChI=1S/C16H13NS/c1-11-10-15(13-7-3-5-9-16(13)18)17-14-8-4-2-6-12(11)14/h2-10,18H,1H3. The fraction of sp³-hybridized carbons (Fsp3) is 0.0625. The van der Waals surface area contributed by atoms with Gasteiger partial charge in [0.15, 0.2) is 0 Å². The van der Waals surface area contributed by atoms with Crippen molar-refractivity contribution < 1.29 is 0 Å². The third-order valence-electron chi connectivity index (χ3n) is 3.10. The summed E-state index contributed by atoms with van der Waals surface area (Å²) in [6.45, 7) is 2.12. The zero-order chi connectivity index (χ0) is 12.5. The van der Waals surface area contributed by atoms with Crippen molar-refractivity contribution in [3.05, 3.63) is 60.2 Å². The molecule has 0 fully saturated rings. The molecule has 0 atom stereocenters. The molecule has 1 heterocycles. The molecule has 2 aromatic carbocycles. The van der Waals surface area contributed by atoms with Gasteiger partial charge >= 0.3 is 0 Å². The number of nitrogens with zero attached hydrogens (tertiary/aromatic N) is 1. The van der Waals surface area contributed by atoms with Crippen LogP contribution in [0.15, 0.2) is 59.5 Å². The van der Waals surface area contributed by atoms with Crippen molar-refractivity contribution in [3.8, 4) is 11.3 Å². The molecule has 1 nitrogen and oxygen atoms in total. The second kappa shape index (κ2) is 4.46. The number of thiol groups is 1. The van der Waals surface area contributed by atoms with E-state index in [-0.39, 0.29) is 0 Å². The Morgan fingerprint density at radius 1 is 0.944 bits per heavy atom. The Morgan fingerprint density at radius 3 is 2.50 bits per heavy atom.